The first-order valence-corrected chi connectivity index (χ1v) is 10.1. The van der Waals surface area contributed by atoms with E-state index in [1.807, 2.05) is 18.2 Å². The number of aryl methyl sites for hydroxylation is 2. The highest BCUT2D eigenvalue weighted by Gasteiger charge is 2.22. The molecule has 2 heterocycles. The average molecular weight is 407 g/mol. The van der Waals surface area contributed by atoms with E-state index in [2.05, 4.69) is 17.4 Å². The summed E-state index contributed by atoms with van der Waals surface area (Å²) in [6, 6.07) is 15.2. The number of hydrogen-bond acceptors (Lipinski definition) is 6. The number of esters is 1. The lowest BCUT2D eigenvalue weighted by atomic mass is 9.91. The normalized spacial score (nSPS) is 13.4. The number of fused-ring (bicyclic) bond motifs is 4. The van der Waals surface area contributed by atoms with Crippen LogP contribution < -0.4 is 14.8 Å². The van der Waals surface area contributed by atoms with E-state index in [0.29, 0.717) is 22.1 Å². The van der Waals surface area contributed by atoms with E-state index >= 15 is 0 Å². The fraction of sp³-hybridized carbons (Fsp3) is 0.182. The maximum absolute atomic E-state index is 12.5. The minimum absolute atomic E-state index is 0.166. The van der Waals surface area contributed by atoms with Gasteiger partial charge in [0.05, 0.1) is 0 Å². The summed E-state index contributed by atoms with van der Waals surface area (Å²) >= 11 is 1.42. The third-order valence-corrected chi connectivity index (χ3v) is 6.12. The minimum Gasteiger partial charge on any atom is -0.454 e. The Bertz CT molecular complexity index is 1120. The van der Waals surface area contributed by atoms with Crippen LogP contribution in [0, 0.1) is 0 Å². The summed E-state index contributed by atoms with van der Waals surface area (Å²) in [6.07, 6.45) is 1.87. The molecule has 1 amide bonds. The number of benzene rings is 2. The van der Waals surface area contributed by atoms with Gasteiger partial charge in [0, 0.05) is 16.6 Å². The molecule has 29 heavy (non-hydrogen) atoms. The summed E-state index contributed by atoms with van der Waals surface area (Å²) in [6.45, 7) is -0.188. The lowest BCUT2D eigenvalue weighted by molar-refractivity contribution is -0.119. The van der Waals surface area contributed by atoms with Crippen LogP contribution >= 0.6 is 11.3 Å². The number of carbonyl (C=O) groups excluding carboxylic acids is 2. The Morgan fingerprint density at radius 2 is 1.83 bits per heavy atom. The molecule has 0 saturated carbocycles. The summed E-state index contributed by atoms with van der Waals surface area (Å²) < 4.78 is 15.7. The molecule has 0 spiro atoms. The highest BCUT2D eigenvalue weighted by molar-refractivity contribution is 7.17. The van der Waals surface area contributed by atoms with Crippen molar-refractivity contribution >= 4 is 28.9 Å². The summed E-state index contributed by atoms with van der Waals surface area (Å²) in [7, 11) is 0. The summed E-state index contributed by atoms with van der Waals surface area (Å²) in [4.78, 5) is 26.2. The monoisotopic (exact) mass is 407 g/mol. The van der Waals surface area contributed by atoms with E-state index in [0.717, 1.165) is 23.3 Å². The van der Waals surface area contributed by atoms with Gasteiger partial charge in [-0.1, -0.05) is 24.3 Å². The second-order valence-corrected chi connectivity index (χ2v) is 7.87. The lowest BCUT2D eigenvalue weighted by Gasteiger charge is -2.15. The Morgan fingerprint density at radius 1 is 1.00 bits per heavy atom. The predicted molar refractivity (Wildman–Crippen MR) is 109 cm³/mol. The van der Waals surface area contributed by atoms with Crippen molar-refractivity contribution in [2.75, 3.05) is 18.7 Å². The Morgan fingerprint density at radius 3 is 2.76 bits per heavy atom. The fourth-order valence-corrected chi connectivity index (χ4v) is 4.71. The zero-order chi connectivity index (χ0) is 19.8. The third-order valence-electron chi connectivity index (χ3n) is 4.93. The number of carbonyl (C=O) groups is 2. The molecule has 6 nitrogen and oxygen atoms in total. The highest BCUT2D eigenvalue weighted by atomic mass is 32.1. The molecule has 1 N–H and O–H groups in total. The average Bonchev–Trinajstić information content (AvgIpc) is 3.38. The van der Waals surface area contributed by atoms with Gasteiger partial charge in [0.2, 0.25) is 6.79 Å². The van der Waals surface area contributed by atoms with Crippen LogP contribution in [0.1, 0.15) is 20.8 Å². The van der Waals surface area contributed by atoms with Gasteiger partial charge < -0.3 is 19.5 Å². The van der Waals surface area contributed by atoms with Gasteiger partial charge in [0.15, 0.2) is 18.1 Å². The van der Waals surface area contributed by atoms with Crippen molar-refractivity contribution in [1.82, 2.24) is 0 Å². The standard InChI is InChI=1S/C22H17NO5S/c24-20(23-15-7-8-17-18(10-15)28-12-27-17)11-26-22(25)19-9-14-6-5-13-3-1-2-4-16(13)21(14)29-19/h1-4,7-10H,5-6,11-12H2,(H,23,24). The van der Waals surface area contributed by atoms with Crippen LogP contribution in [-0.4, -0.2) is 25.3 Å². The molecule has 5 rings (SSSR count). The molecule has 0 radical (unpaired) electrons. The van der Waals surface area contributed by atoms with Gasteiger partial charge in [0.25, 0.3) is 5.91 Å². The first kappa shape index (κ1) is 17.8. The van der Waals surface area contributed by atoms with Crippen molar-refractivity contribution < 1.29 is 23.8 Å². The van der Waals surface area contributed by atoms with Gasteiger partial charge in [-0.15, -0.1) is 11.3 Å². The number of anilines is 1. The Labute approximate surface area is 171 Å². The maximum atomic E-state index is 12.5. The largest absolute Gasteiger partial charge is 0.454 e. The quantitative estimate of drug-likeness (QED) is 0.661. The maximum Gasteiger partial charge on any atom is 0.348 e. The van der Waals surface area contributed by atoms with E-state index in [-0.39, 0.29) is 13.4 Å². The molecule has 2 aliphatic rings. The first-order valence-electron chi connectivity index (χ1n) is 9.25. The molecular weight excluding hydrogens is 390 g/mol. The smallest absolute Gasteiger partial charge is 0.348 e. The molecule has 146 valence electrons. The molecule has 0 fully saturated rings. The number of nitrogens with one attached hydrogen (secondary N) is 1. The Hall–Kier alpha value is -3.32. The topological polar surface area (TPSA) is 73.9 Å². The van der Waals surface area contributed by atoms with Gasteiger partial charge >= 0.3 is 5.97 Å². The molecule has 2 aromatic carbocycles. The van der Waals surface area contributed by atoms with Crippen LogP contribution in [0.4, 0.5) is 5.69 Å². The summed E-state index contributed by atoms with van der Waals surface area (Å²) in [5.74, 6) is 0.313. The van der Waals surface area contributed by atoms with Crippen molar-refractivity contribution in [1.29, 1.82) is 0 Å². The number of thiophene rings is 1. The van der Waals surface area contributed by atoms with Crippen LogP contribution in [0.15, 0.2) is 48.5 Å². The van der Waals surface area contributed by atoms with Gasteiger partial charge in [-0.2, -0.15) is 0 Å². The molecule has 0 atom stereocenters. The number of amides is 1. The van der Waals surface area contributed by atoms with E-state index in [1.54, 1.807) is 18.2 Å². The SMILES string of the molecule is O=C(COC(=O)c1cc2c(s1)-c1ccccc1CC2)Nc1ccc2c(c1)OCO2. The van der Waals surface area contributed by atoms with E-state index in [4.69, 9.17) is 14.2 Å². The van der Waals surface area contributed by atoms with Crippen LogP contribution in [0.2, 0.25) is 0 Å². The van der Waals surface area contributed by atoms with Crippen molar-refractivity contribution in [3.8, 4) is 21.9 Å². The van der Waals surface area contributed by atoms with Crippen molar-refractivity contribution in [3.05, 3.63) is 64.5 Å². The molecule has 0 bridgehead atoms. The second kappa shape index (κ2) is 7.25. The van der Waals surface area contributed by atoms with Gasteiger partial charge in [0.1, 0.15) is 4.88 Å². The fourth-order valence-electron chi connectivity index (χ4n) is 3.55. The van der Waals surface area contributed by atoms with Crippen molar-refractivity contribution in [3.63, 3.8) is 0 Å². The van der Waals surface area contributed by atoms with Crippen LogP contribution in [0.3, 0.4) is 0 Å². The third kappa shape index (κ3) is 3.45. The molecule has 1 aliphatic heterocycles. The molecule has 1 aromatic heterocycles. The molecule has 1 aliphatic carbocycles. The zero-order valence-corrected chi connectivity index (χ0v) is 16.2. The van der Waals surface area contributed by atoms with Gasteiger partial charge in [-0.05, 0) is 47.7 Å². The van der Waals surface area contributed by atoms with E-state index in [9.17, 15) is 9.59 Å². The van der Waals surface area contributed by atoms with Crippen LogP contribution in [0.5, 0.6) is 11.5 Å². The predicted octanol–water partition coefficient (Wildman–Crippen LogP) is 4.04. The summed E-state index contributed by atoms with van der Waals surface area (Å²) in [5, 5.41) is 2.69. The van der Waals surface area contributed by atoms with Gasteiger partial charge in [-0.25, -0.2) is 4.79 Å². The van der Waals surface area contributed by atoms with Gasteiger partial charge in [-0.3, -0.25) is 4.79 Å². The molecule has 7 heteroatoms. The molecule has 3 aromatic rings. The Balaban J connectivity index is 1.23. The lowest BCUT2D eigenvalue weighted by Crippen LogP contribution is -2.20. The summed E-state index contributed by atoms with van der Waals surface area (Å²) in [5.41, 5.74) is 4.19. The number of hydrogen-bond donors (Lipinski definition) is 1. The number of ether oxygens (including phenoxy) is 3. The zero-order valence-electron chi connectivity index (χ0n) is 15.4. The minimum atomic E-state index is -0.484. The van der Waals surface area contributed by atoms with Crippen molar-refractivity contribution in [2.24, 2.45) is 0 Å². The highest BCUT2D eigenvalue weighted by Crippen LogP contribution is 2.39. The Kier molecular flexibility index (Phi) is 4.44. The molecular formula is C22H17NO5S. The number of rotatable bonds is 4. The van der Waals surface area contributed by atoms with Crippen LogP contribution in [-0.2, 0) is 22.4 Å². The van der Waals surface area contributed by atoms with E-state index < -0.39 is 11.9 Å². The van der Waals surface area contributed by atoms with Crippen LogP contribution in [0.25, 0.3) is 10.4 Å². The second-order valence-electron chi connectivity index (χ2n) is 6.81. The molecule has 0 unspecified atom stereocenters. The van der Waals surface area contributed by atoms with Crippen molar-refractivity contribution in [2.45, 2.75) is 12.8 Å². The molecule has 0 saturated heterocycles. The first-order chi connectivity index (χ1) is 14.2. The van der Waals surface area contributed by atoms with E-state index in [1.165, 1.54) is 22.5 Å².